The summed E-state index contributed by atoms with van der Waals surface area (Å²) in [7, 11) is -1.49. The highest BCUT2D eigenvalue weighted by molar-refractivity contribution is 7.89. The molecule has 1 aromatic carbocycles. The molecule has 4 rings (SSSR count). The Balaban J connectivity index is 1.27. The molecule has 160 valence electrons. The number of nitrogens with one attached hydrogen (secondary N) is 1. The van der Waals surface area contributed by atoms with Crippen LogP contribution in [0.5, 0.6) is 0 Å². The lowest BCUT2D eigenvalue weighted by Crippen LogP contribution is -2.45. The Morgan fingerprint density at radius 3 is 2.45 bits per heavy atom. The van der Waals surface area contributed by atoms with Crippen LogP contribution >= 0.6 is 0 Å². The van der Waals surface area contributed by atoms with Crippen LogP contribution in [0.2, 0.25) is 0 Å². The van der Waals surface area contributed by atoms with Crippen molar-refractivity contribution in [1.82, 2.24) is 14.5 Å². The first-order chi connectivity index (χ1) is 14.0. The lowest BCUT2D eigenvalue weighted by Gasteiger charge is -2.32. The molecule has 29 heavy (non-hydrogen) atoms. The third-order valence-corrected chi connectivity index (χ3v) is 9.03. The maximum Gasteiger partial charge on any atom is 0.243 e. The number of rotatable bonds is 4. The summed E-state index contributed by atoms with van der Waals surface area (Å²) in [6.07, 6.45) is 8.57. The van der Waals surface area contributed by atoms with Crippen molar-refractivity contribution in [1.29, 1.82) is 0 Å². The second kappa shape index (κ2) is 8.64. The highest BCUT2D eigenvalue weighted by Gasteiger charge is 2.41. The number of aliphatic imine (C=N–C) groups is 1. The lowest BCUT2D eigenvalue weighted by molar-refractivity contribution is 0.270. The van der Waals surface area contributed by atoms with Crippen LogP contribution in [0.1, 0.15) is 44.9 Å². The Kier molecular flexibility index (Phi) is 6.16. The van der Waals surface area contributed by atoms with E-state index in [-0.39, 0.29) is 0 Å². The second-order valence-corrected chi connectivity index (χ2v) is 10.9. The summed E-state index contributed by atoms with van der Waals surface area (Å²) in [4.78, 5) is 7.35. The van der Waals surface area contributed by atoms with Crippen LogP contribution in [0.3, 0.4) is 0 Å². The lowest BCUT2D eigenvalue weighted by atomic mass is 9.86. The van der Waals surface area contributed by atoms with Gasteiger partial charge in [0.15, 0.2) is 5.96 Å². The summed E-state index contributed by atoms with van der Waals surface area (Å²) in [6, 6.07) is 8.77. The average Bonchev–Trinajstić information content (AvgIpc) is 3.39. The van der Waals surface area contributed by atoms with E-state index >= 15 is 0 Å². The van der Waals surface area contributed by atoms with Gasteiger partial charge in [-0.1, -0.05) is 31.0 Å². The van der Waals surface area contributed by atoms with Gasteiger partial charge in [0, 0.05) is 39.8 Å². The monoisotopic (exact) mass is 418 g/mol. The number of piperidine rings is 1. The summed E-state index contributed by atoms with van der Waals surface area (Å²) in [5, 5.41) is 3.58. The highest BCUT2D eigenvalue weighted by Crippen LogP contribution is 2.45. The van der Waals surface area contributed by atoms with Gasteiger partial charge in [0.25, 0.3) is 0 Å². The smallest absolute Gasteiger partial charge is 0.243 e. The quantitative estimate of drug-likeness (QED) is 0.603. The van der Waals surface area contributed by atoms with Gasteiger partial charge in [-0.05, 0) is 55.6 Å². The standard InChI is InChI=1S/C22H34N4O2S/c1-23-21(25-16-13-22(18-25)11-5-6-12-22)24-17-19-9-14-26(15-10-19)29(27,28)20-7-3-2-4-8-20/h2-4,7-8,19H,5-6,9-18H2,1H3,(H,23,24). The van der Waals surface area contributed by atoms with Crippen LogP contribution in [0, 0.1) is 11.3 Å². The van der Waals surface area contributed by atoms with Gasteiger partial charge in [0.05, 0.1) is 4.90 Å². The zero-order valence-electron chi connectivity index (χ0n) is 17.5. The zero-order valence-corrected chi connectivity index (χ0v) is 18.3. The Hall–Kier alpha value is -1.60. The van der Waals surface area contributed by atoms with Gasteiger partial charge in [0.1, 0.15) is 0 Å². The summed E-state index contributed by atoms with van der Waals surface area (Å²) in [6.45, 7) is 4.30. The molecule has 1 aliphatic carbocycles. The largest absolute Gasteiger partial charge is 0.356 e. The third kappa shape index (κ3) is 4.45. The molecule has 3 aliphatic rings. The molecule has 0 unspecified atom stereocenters. The van der Waals surface area contributed by atoms with Crippen LogP contribution in [0.15, 0.2) is 40.2 Å². The SMILES string of the molecule is CN=C(NCC1CCN(S(=O)(=O)c2ccccc2)CC1)N1CCC2(CCCC2)C1. The predicted octanol–water partition coefficient (Wildman–Crippen LogP) is 2.93. The van der Waals surface area contributed by atoms with E-state index in [1.807, 2.05) is 13.1 Å². The van der Waals surface area contributed by atoms with Crippen molar-refractivity contribution >= 4 is 16.0 Å². The predicted molar refractivity (Wildman–Crippen MR) is 116 cm³/mol. The first-order valence-electron chi connectivity index (χ1n) is 11.0. The van der Waals surface area contributed by atoms with Crippen molar-refractivity contribution in [2.24, 2.45) is 16.3 Å². The summed E-state index contributed by atoms with van der Waals surface area (Å²) < 4.78 is 27.2. The van der Waals surface area contributed by atoms with Crippen molar-refractivity contribution < 1.29 is 8.42 Å². The van der Waals surface area contributed by atoms with Gasteiger partial charge < -0.3 is 10.2 Å². The fourth-order valence-corrected chi connectivity index (χ4v) is 6.80. The molecule has 1 spiro atoms. The van der Waals surface area contributed by atoms with Gasteiger partial charge >= 0.3 is 0 Å². The number of nitrogens with zero attached hydrogens (tertiary/aromatic N) is 3. The molecule has 0 aromatic heterocycles. The number of guanidine groups is 1. The highest BCUT2D eigenvalue weighted by atomic mass is 32.2. The fraction of sp³-hybridized carbons (Fsp3) is 0.682. The van der Waals surface area contributed by atoms with Crippen LogP contribution in [-0.2, 0) is 10.0 Å². The maximum atomic E-state index is 12.8. The third-order valence-electron chi connectivity index (χ3n) is 7.12. The van der Waals surface area contributed by atoms with Crippen molar-refractivity contribution in [3.8, 4) is 0 Å². The van der Waals surface area contributed by atoms with E-state index in [4.69, 9.17) is 0 Å². The molecular formula is C22H34N4O2S. The molecule has 0 amide bonds. The number of sulfonamides is 1. The van der Waals surface area contributed by atoms with Crippen LogP contribution in [-0.4, -0.2) is 63.4 Å². The van der Waals surface area contributed by atoms with Crippen LogP contribution < -0.4 is 5.32 Å². The molecule has 2 aliphatic heterocycles. The number of hydrogen-bond donors (Lipinski definition) is 1. The normalized spacial score (nSPS) is 23.8. The van der Waals surface area contributed by atoms with Gasteiger partial charge in [-0.2, -0.15) is 4.31 Å². The molecular weight excluding hydrogens is 384 g/mol. The Morgan fingerprint density at radius 1 is 1.10 bits per heavy atom. The Bertz CT molecular complexity index is 810. The Morgan fingerprint density at radius 2 is 1.79 bits per heavy atom. The topological polar surface area (TPSA) is 65.0 Å². The molecule has 6 nitrogen and oxygen atoms in total. The fourth-order valence-electron chi connectivity index (χ4n) is 5.31. The van der Waals surface area contributed by atoms with E-state index in [0.717, 1.165) is 38.4 Å². The number of hydrogen-bond acceptors (Lipinski definition) is 3. The molecule has 1 aromatic rings. The minimum absolute atomic E-state index is 0.395. The molecule has 7 heteroatoms. The molecule has 1 saturated carbocycles. The Labute approximate surface area is 175 Å². The first-order valence-corrected chi connectivity index (χ1v) is 12.5. The van der Waals surface area contributed by atoms with Gasteiger partial charge in [0.2, 0.25) is 10.0 Å². The average molecular weight is 419 g/mol. The van der Waals surface area contributed by atoms with Gasteiger partial charge in [-0.3, -0.25) is 4.99 Å². The van der Waals surface area contributed by atoms with Gasteiger partial charge in [-0.15, -0.1) is 0 Å². The molecule has 3 fully saturated rings. The van der Waals surface area contributed by atoms with Gasteiger partial charge in [-0.25, -0.2) is 8.42 Å². The molecule has 0 radical (unpaired) electrons. The van der Waals surface area contributed by atoms with E-state index in [9.17, 15) is 8.42 Å². The summed E-state index contributed by atoms with van der Waals surface area (Å²) >= 11 is 0. The van der Waals surface area contributed by atoms with Crippen molar-refractivity contribution in [3.05, 3.63) is 30.3 Å². The maximum absolute atomic E-state index is 12.8. The zero-order chi connectivity index (χ0) is 20.3. The first kappa shape index (κ1) is 20.7. The van der Waals surface area contributed by atoms with Crippen LogP contribution in [0.25, 0.3) is 0 Å². The summed E-state index contributed by atoms with van der Waals surface area (Å²) in [5.41, 5.74) is 0.536. The molecule has 2 heterocycles. The van der Waals surface area contributed by atoms with E-state index in [1.54, 1.807) is 28.6 Å². The minimum atomic E-state index is -3.37. The summed E-state index contributed by atoms with van der Waals surface area (Å²) in [5.74, 6) is 1.50. The molecule has 1 N–H and O–H groups in total. The molecule has 2 saturated heterocycles. The molecule has 0 atom stereocenters. The van der Waals surface area contributed by atoms with Crippen molar-refractivity contribution in [3.63, 3.8) is 0 Å². The van der Waals surface area contributed by atoms with E-state index in [2.05, 4.69) is 15.2 Å². The van der Waals surface area contributed by atoms with Crippen LogP contribution in [0.4, 0.5) is 0 Å². The number of likely N-dealkylation sites (tertiary alicyclic amines) is 1. The van der Waals surface area contributed by atoms with E-state index in [0.29, 0.717) is 29.3 Å². The van der Waals surface area contributed by atoms with Crippen molar-refractivity contribution in [2.75, 3.05) is 39.8 Å². The van der Waals surface area contributed by atoms with E-state index < -0.39 is 10.0 Å². The van der Waals surface area contributed by atoms with E-state index in [1.165, 1.54) is 32.1 Å². The second-order valence-electron chi connectivity index (χ2n) is 8.97. The molecule has 0 bridgehead atoms. The van der Waals surface area contributed by atoms with Crippen molar-refractivity contribution in [2.45, 2.75) is 49.8 Å². The number of benzene rings is 1. The minimum Gasteiger partial charge on any atom is -0.356 e.